The van der Waals surface area contributed by atoms with E-state index in [4.69, 9.17) is 5.10 Å². The highest BCUT2D eigenvalue weighted by Crippen LogP contribution is 2.39. The molecule has 0 aliphatic carbocycles. The summed E-state index contributed by atoms with van der Waals surface area (Å²) in [5.41, 5.74) is 8.46. The Morgan fingerprint density at radius 1 is 0.630 bits per heavy atom. The zero-order valence-electron chi connectivity index (χ0n) is 27.1. The summed E-state index contributed by atoms with van der Waals surface area (Å²) < 4.78 is 0. The van der Waals surface area contributed by atoms with Gasteiger partial charge >= 0.3 is 0 Å². The third-order valence-corrected chi connectivity index (χ3v) is 8.81. The van der Waals surface area contributed by atoms with Crippen LogP contribution in [0.1, 0.15) is 49.1 Å². The Hall–Kier alpha value is -5.16. The number of hydrogen-bond donors (Lipinski definition) is 0. The normalized spacial score (nSPS) is 16.1. The predicted molar refractivity (Wildman–Crippen MR) is 194 cm³/mol. The molecule has 46 heavy (non-hydrogen) atoms. The fourth-order valence-electron chi connectivity index (χ4n) is 6.24. The van der Waals surface area contributed by atoms with E-state index in [0.29, 0.717) is 0 Å². The third-order valence-electron chi connectivity index (χ3n) is 8.81. The lowest BCUT2D eigenvalue weighted by Crippen LogP contribution is -2.25. The first-order valence-electron chi connectivity index (χ1n) is 16.4. The van der Waals surface area contributed by atoms with Crippen molar-refractivity contribution in [3.05, 3.63) is 162 Å². The maximum Gasteiger partial charge on any atom is 0.149 e. The Morgan fingerprint density at radius 3 is 1.76 bits per heavy atom. The molecule has 2 heterocycles. The van der Waals surface area contributed by atoms with Gasteiger partial charge in [0.15, 0.2) is 0 Å². The highest BCUT2D eigenvalue weighted by Gasteiger charge is 2.35. The van der Waals surface area contributed by atoms with Gasteiger partial charge in [-0.3, -0.25) is 0 Å². The summed E-state index contributed by atoms with van der Waals surface area (Å²) in [7, 11) is 0. The molecule has 2 atom stereocenters. The summed E-state index contributed by atoms with van der Waals surface area (Å²) in [6.07, 6.45) is 6.18. The zero-order chi connectivity index (χ0) is 31.7. The molecule has 1 aliphatic heterocycles. The molecule has 0 saturated heterocycles. The lowest BCUT2D eigenvalue weighted by molar-refractivity contribution is 0.584. The van der Waals surface area contributed by atoms with Gasteiger partial charge in [-0.1, -0.05) is 104 Å². The molecular formula is C41H43N5. The van der Waals surface area contributed by atoms with Crippen molar-refractivity contribution in [1.29, 1.82) is 0 Å². The average Bonchev–Trinajstić information content (AvgIpc) is 3.45. The molecule has 5 heteroatoms. The molecule has 5 aromatic rings. The average molecular weight is 606 g/mol. The van der Waals surface area contributed by atoms with Crippen LogP contribution in [0.25, 0.3) is 6.08 Å². The van der Waals surface area contributed by atoms with Crippen molar-refractivity contribution in [3.8, 4) is 0 Å². The van der Waals surface area contributed by atoms with Gasteiger partial charge in [-0.2, -0.15) is 5.10 Å². The summed E-state index contributed by atoms with van der Waals surface area (Å²) in [6.45, 7) is 10.3. The van der Waals surface area contributed by atoms with E-state index in [0.717, 1.165) is 37.7 Å². The van der Waals surface area contributed by atoms with Gasteiger partial charge in [-0.25, -0.2) is 9.99 Å². The van der Waals surface area contributed by atoms with E-state index < -0.39 is 0 Å². The molecule has 2 unspecified atom stereocenters. The molecule has 1 aromatic heterocycles. The van der Waals surface area contributed by atoms with Gasteiger partial charge in [-0.15, -0.1) is 0 Å². The van der Waals surface area contributed by atoms with E-state index in [2.05, 4.69) is 162 Å². The summed E-state index contributed by atoms with van der Waals surface area (Å²) in [5.74, 6) is 1.02. The molecule has 4 aromatic carbocycles. The second kappa shape index (κ2) is 14.7. The van der Waals surface area contributed by atoms with Gasteiger partial charge in [0.2, 0.25) is 0 Å². The number of benzene rings is 4. The van der Waals surface area contributed by atoms with Crippen molar-refractivity contribution in [2.75, 3.05) is 27.9 Å². The number of nitrogens with zero attached hydrogens (tertiary/aromatic N) is 5. The maximum atomic E-state index is 5.14. The number of aromatic nitrogens is 1. The maximum absolute atomic E-state index is 5.14. The van der Waals surface area contributed by atoms with E-state index in [1.807, 2.05) is 24.4 Å². The Morgan fingerprint density at radius 2 is 1.20 bits per heavy atom. The number of pyridine rings is 1. The number of hydrogen-bond acceptors (Lipinski definition) is 5. The van der Waals surface area contributed by atoms with Gasteiger partial charge in [0.05, 0.1) is 11.8 Å². The Balaban J connectivity index is 1.26. The van der Waals surface area contributed by atoms with E-state index in [1.54, 1.807) is 0 Å². The number of allylic oxidation sites excluding steroid dienone is 1. The van der Waals surface area contributed by atoms with Crippen LogP contribution in [0, 0.1) is 5.92 Å². The second-order valence-electron chi connectivity index (χ2n) is 11.8. The van der Waals surface area contributed by atoms with Crippen LogP contribution in [0.5, 0.6) is 0 Å². The SMILES string of the molecule is CCN(CC)c1ccc(C=CC2=NN(c3ccccn3)C(c3ccc(N(Cc4ccccc4)Cc4ccccc4)cc3)C2C)cc1. The molecule has 0 N–H and O–H groups in total. The molecule has 0 bridgehead atoms. The molecule has 0 fully saturated rings. The summed E-state index contributed by atoms with van der Waals surface area (Å²) in [4.78, 5) is 9.49. The second-order valence-corrected chi connectivity index (χ2v) is 11.8. The predicted octanol–water partition coefficient (Wildman–Crippen LogP) is 9.40. The molecule has 232 valence electrons. The van der Waals surface area contributed by atoms with Crippen molar-refractivity contribution in [2.24, 2.45) is 11.0 Å². The first-order valence-corrected chi connectivity index (χ1v) is 16.4. The molecule has 0 amide bonds. The Bertz CT molecular complexity index is 1670. The van der Waals surface area contributed by atoms with E-state index in [9.17, 15) is 0 Å². The van der Waals surface area contributed by atoms with Crippen LogP contribution in [-0.4, -0.2) is 23.8 Å². The highest BCUT2D eigenvalue weighted by molar-refractivity contribution is 6.02. The minimum Gasteiger partial charge on any atom is -0.372 e. The Kier molecular flexibility index (Phi) is 9.89. The number of anilines is 3. The van der Waals surface area contributed by atoms with Crippen LogP contribution in [-0.2, 0) is 13.1 Å². The molecular weight excluding hydrogens is 562 g/mol. The molecule has 0 saturated carbocycles. The van der Waals surface area contributed by atoms with Gasteiger partial charge in [0.25, 0.3) is 0 Å². The molecule has 5 nitrogen and oxygen atoms in total. The van der Waals surface area contributed by atoms with E-state index in [1.165, 1.54) is 33.6 Å². The fourth-order valence-corrected chi connectivity index (χ4v) is 6.24. The molecule has 0 spiro atoms. The standard InChI is InChI=1S/C41H43N5/c1-4-44(5-2)37-24-19-33(20-25-37)21-28-39-32(3)41(46(43-39)40-18-12-13-29-42-40)36-22-26-38(27-23-36)45(30-34-14-8-6-9-15-34)31-35-16-10-7-11-17-35/h6-29,32,41H,4-5,30-31H2,1-3H3. The van der Waals surface area contributed by atoms with Crippen LogP contribution in [0.4, 0.5) is 17.2 Å². The van der Waals surface area contributed by atoms with Crippen LogP contribution in [0.2, 0.25) is 0 Å². The fraction of sp³-hybridized carbons (Fsp3) is 0.220. The first kappa shape index (κ1) is 30.8. The largest absolute Gasteiger partial charge is 0.372 e. The highest BCUT2D eigenvalue weighted by atomic mass is 15.5. The van der Waals surface area contributed by atoms with Crippen LogP contribution >= 0.6 is 0 Å². The monoisotopic (exact) mass is 605 g/mol. The summed E-state index contributed by atoms with van der Waals surface area (Å²) >= 11 is 0. The van der Waals surface area contributed by atoms with Gasteiger partial charge in [0.1, 0.15) is 5.82 Å². The molecule has 0 radical (unpaired) electrons. The molecule has 1 aliphatic rings. The lowest BCUT2D eigenvalue weighted by Gasteiger charge is -2.28. The van der Waals surface area contributed by atoms with Crippen LogP contribution in [0.3, 0.4) is 0 Å². The topological polar surface area (TPSA) is 35.0 Å². The Labute approximate surface area is 274 Å². The zero-order valence-corrected chi connectivity index (χ0v) is 27.1. The van der Waals surface area contributed by atoms with Crippen molar-refractivity contribution in [3.63, 3.8) is 0 Å². The van der Waals surface area contributed by atoms with Crippen LogP contribution < -0.4 is 14.8 Å². The van der Waals surface area contributed by atoms with Gasteiger partial charge < -0.3 is 9.80 Å². The smallest absolute Gasteiger partial charge is 0.149 e. The quantitative estimate of drug-likeness (QED) is 0.142. The third kappa shape index (κ3) is 7.21. The van der Waals surface area contributed by atoms with Crippen molar-refractivity contribution in [1.82, 2.24) is 4.98 Å². The van der Waals surface area contributed by atoms with E-state index in [-0.39, 0.29) is 12.0 Å². The van der Waals surface area contributed by atoms with Gasteiger partial charge in [0, 0.05) is 49.7 Å². The molecule has 6 rings (SSSR count). The number of rotatable bonds is 12. The minimum atomic E-state index is 0.0327. The summed E-state index contributed by atoms with van der Waals surface area (Å²) in [5, 5.41) is 7.23. The first-order chi connectivity index (χ1) is 22.6. The van der Waals surface area contributed by atoms with E-state index >= 15 is 0 Å². The minimum absolute atomic E-state index is 0.0327. The van der Waals surface area contributed by atoms with Crippen molar-refractivity contribution >= 4 is 29.0 Å². The van der Waals surface area contributed by atoms with Crippen molar-refractivity contribution in [2.45, 2.75) is 39.9 Å². The lowest BCUT2D eigenvalue weighted by atomic mass is 9.91. The van der Waals surface area contributed by atoms with Crippen LogP contribution in [0.15, 0.2) is 145 Å². The van der Waals surface area contributed by atoms with Crippen molar-refractivity contribution < 1.29 is 0 Å². The number of hydrazone groups is 1. The summed E-state index contributed by atoms with van der Waals surface area (Å²) in [6, 6.07) is 45.3. The van der Waals surface area contributed by atoms with Gasteiger partial charge in [-0.05, 0) is 78.6 Å².